The highest BCUT2D eigenvalue weighted by Gasteiger charge is 2.52. The number of fused-ring (bicyclic) bond motifs is 1. The summed E-state index contributed by atoms with van der Waals surface area (Å²) in [5.41, 5.74) is 5.91. The van der Waals surface area contributed by atoms with Crippen molar-refractivity contribution in [2.75, 3.05) is 6.54 Å². The molecule has 1 amide bonds. The van der Waals surface area contributed by atoms with E-state index >= 15 is 0 Å². The summed E-state index contributed by atoms with van der Waals surface area (Å²) in [5, 5.41) is 0.723. The van der Waals surface area contributed by atoms with E-state index in [9.17, 15) is 22.9 Å². The minimum absolute atomic E-state index is 0.181. The van der Waals surface area contributed by atoms with Gasteiger partial charge in [0.2, 0.25) is 0 Å². The summed E-state index contributed by atoms with van der Waals surface area (Å²) in [6.45, 7) is -0.826. The third-order valence-corrected chi connectivity index (χ3v) is 8.64. The molecule has 2 N–H and O–H groups in total. The summed E-state index contributed by atoms with van der Waals surface area (Å²) in [6.07, 6.45) is -0.493. The summed E-state index contributed by atoms with van der Waals surface area (Å²) in [7, 11) is -3.92. The Morgan fingerprint density at radius 2 is 2.00 bits per heavy atom. The molecule has 162 valence electrons. The second-order valence-electron chi connectivity index (χ2n) is 7.41. The van der Waals surface area contributed by atoms with Gasteiger partial charge in [0.25, 0.3) is 11.8 Å². The minimum atomic E-state index is -3.92. The van der Waals surface area contributed by atoms with Crippen LogP contribution in [-0.4, -0.2) is 35.4 Å². The van der Waals surface area contributed by atoms with Gasteiger partial charge in [0.15, 0.2) is 0 Å². The predicted molar refractivity (Wildman–Crippen MR) is 115 cm³/mol. The number of thiophene rings is 1. The van der Waals surface area contributed by atoms with E-state index in [1.54, 1.807) is 54.6 Å². The highest BCUT2D eigenvalue weighted by molar-refractivity contribution is 7.56. The van der Waals surface area contributed by atoms with Crippen molar-refractivity contribution in [1.82, 2.24) is 4.67 Å². The Hall–Kier alpha value is -2.61. The standard InChI is InChI=1S/C21H19F2N2O4PS/c22-21(23)10-16(11-26)25(13-21)30(28,29-17-4-2-1-3-5-17)12-14-6-7-18-15(8-14)9-19(31-18)20(24)27/h1-9,11,16H,10,12-13H2,(H2,24,27). The third kappa shape index (κ3) is 4.54. The number of alkyl halides is 2. The number of benzene rings is 2. The topological polar surface area (TPSA) is 89.7 Å². The third-order valence-electron chi connectivity index (χ3n) is 5.03. The number of halogens is 2. The molecule has 1 aliphatic rings. The largest absolute Gasteiger partial charge is 0.432 e. The second-order valence-corrected chi connectivity index (χ2v) is 10.8. The first-order valence-corrected chi connectivity index (χ1v) is 12.0. The Labute approximate surface area is 181 Å². The number of hydrogen-bond donors (Lipinski definition) is 1. The van der Waals surface area contributed by atoms with Crippen LogP contribution in [0.1, 0.15) is 21.7 Å². The van der Waals surface area contributed by atoms with E-state index in [1.165, 1.54) is 11.3 Å². The van der Waals surface area contributed by atoms with Gasteiger partial charge in [-0.1, -0.05) is 24.3 Å². The summed E-state index contributed by atoms with van der Waals surface area (Å²) < 4.78 is 49.8. The molecule has 6 nitrogen and oxygen atoms in total. The number of carbonyl (C=O) groups excluding carboxylic acids is 2. The van der Waals surface area contributed by atoms with Gasteiger partial charge in [0.1, 0.15) is 12.0 Å². The van der Waals surface area contributed by atoms with Crippen LogP contribution in [0.5, 0.6) is 5.75 Å². The van der Waals surface area contributed by atoms with Crippen LogP contribution >= 0.6 is 18.9 Å². The fourth-order valence-corrected chi connectivity index (χ4v) is 7.01. The maximum atomic E-state index is 14.1. The van der Waals surface area contributed by atoms with Crippen LogP contribution in [0, 0.1) is 0 Å². The Kier molecular flexibility index (Phi) is 5.68. The van der Waals surface area contributed by atoms with Gasteiger partial charge < -0.3 is 15.1 Å². The van der Waals surface area contributed by atoms with Gasteiger partial charge in [-0.3, -0.25) is 9.36 Å². The number of nitrogens with zero attached hydrogens (tertiary/aromatic N) is 1. The van der Waals surface area contributed by atoms with Gasteiger partial charge in [0.05, 0.1) is 23.6 Å². The van der Waals surface area contributed by atoms with Crippen molar-refractivity contribution < 1.29 is 27.5 Å². The first-order chi connectivity index (χ1) is 14.7. The average Bonchev–Trinajstić information content (AvgIpc) is 3.29. The van der Waals surface area contributed by atoms with Crippen molar-refractivity contribution in [3.05, 3.63) is 65.0 Å². The molecule has 2 heterocycles. The number of hydrogen-bond acceptors (Lipinski definition) is 5. The zero-order valence-electron chi connectivity index (χ0n) is 16.2. The van der Waals surface area contributed by atoms with E-state index in [0.29, 0.717) is 16.7 Å². The number of para-hydroxylation sites is 1. The molecule has 2 aromatic carbocycles. The number of rotatable bonds is 7. The average molecular weight is 464 g/mol. The van der Waals surface area contributed by atoms with E-state index in [-0.39, 0.29) is 11.9 Å². The lowest BCUT2D eigenvalue weighted by Crippen LogP contribution is -2.31. The van der Waals surface area contributed by atoms with Crippen molar-refractivity contribution in [1.29, 1.82) is 0 Å². The highest BCUT2D eigenvalue weighted by Crippen LogP contribution is 2.58. The van der Waals surface area contributed by atoms with Gasteiger partial charge >= 0.3 is 7.52 Å². The SMILES string of the molecule is NC(=O)c1cc2cc(CP(=O)(Oc3ccccc3)N3CC(F)(F)CC3C=O)ccc2s1. The molecule has 31 heavy (non-hydrogen) atoms. The first-order valence-electron chi connectivity index (χ1n) is 9.45. The van der Waals surface area contributed by atoms with Crippen molar-refractivity contribution in [3.63, 3.8) is 0 Å². The Balaban J connectivity index is 1.72. The second kappa shape index (κ2) is 8.15. The van der Waals surface area contributed by atoms with Crippen molar-refractivity contribution in [2.45, 2.75) is 24.5 Å². The maximum Gasteiger partial charge on any atom is 0.324 e. The van der Waals surface area contributed by atoms with E-state index in [1.807, 2.05) is 0 Å². The van der Waals surface area contributed by atoms with Crippen LogP contribution in [0.2, 0.25) is 0 Å². The molecular formula is C21H19F2N2O4PS. The van der Waals surface area contributed by atoms with Crippen LogP contribution in [0.3, 0.4) is 0 Å². The summed E-state index contributed by atoms with van der Waals surface area (Å²) in [6, 6.07) is 13.9. The Bertz CT molecular complexity index is 1180. The van der Waals surface area contributed by atoms with E-state index in [4.69, 9.17) is 10.3 Å². The summed E-state index contributed by atoms with van der Waals surface area (Å²) in [4.78, 5) is 23.3. The highest BCUT2D eigenvalue weighted by atomic mass is 32.1. The molecule has 2 unspecified atom stereocenters. The fraction of sp³-hybridized carbons (Fsp3) is 0.238. The normalized spacial score (nSPS) is 20.4. The molecule has 1 aliphatic heterocycles. The minimum Gasteiger partial charge on any atom is -0.432 e. The van der Waals surface area contributed by atoms with Crippen molar-refractivity contribution >= 4 is 41.1 Å². The van der Waals surface area contributed by atoms with Crippen LogP contribution in [0.4, 0.5) is 8.78 Å². The van der Waals surface area contributed by atoms with Gasteiger partial charge in [-0.05, 0) is 41.3 Å². The van der Waals surface area contributed by atoms with E-state index in [0.717, 1.165) is 14.8 Å². The molecule has 0 radical (unpaired) electrons. The maximum absolute atomic E-state index is 14.1. The number of aldehydes is 1. The zero-order chi connectivity index (χ0) is 22.2. The van der Waals surface area contributed by atoms with Crippen molar-refractivity contribution in [2.24, 2.45) is 5.73 Å². The molecule has 0 spiro atoms. The van der Waals surface area contributed by atoms with Crippen LogP contribution in [0.25, 0.3) is 10.1 Å². The lowest BCUT2D eigenvalue weighted by atomic mass is 10.2. The van der Waals surface area contributed by atoms with Gasteiger partial charge in [-0.25, -0.2) is 13.5 Å². The van der Waals surface area contributed by atoms with Crippen LogP contribution < -0.4 is 10.3 Å². The van der Waals surface area contributed by atoms with Crippen molar-refractivity contribution in [3.8, 4) is 5.75 Å². The van der Waals surface area contributed by atoms with Gasteiger partial charge in [0, 0.05) is 11.1 Å². The molecule has 0 bridgehead atoms. The summed E-state index contributed by atoms with van der Waals surface area (Å²) in [5.74, 6) is -3.43. The number of amides is 1. The van der Waals surface area contributed by atoms with Gasteiger partial charge in [-0.15, -0.1) is 11.3 Å². The molecule has 1 fully saturated rings. The van der Waals surface area contributed by atoms with Gasteiger partial charge in [-0.2, -0.15) is 0 Å². The molecular weight excluding hydrogens is 445 g/mol. The quantitative estimate of drug-likeness (QED) is 0.405. The lowest BCUT2D eigenvalue weighted by molar-refractivity contribution is -0.110. The molecule has 3 aromatic rings. The van der Waals surface area contributed by atoms with Crippen LogP contribution in [-0.2, 0) is 15.5 Å². The molecule has 0 aliphatic carbocycles. The number of nitrogens with two attached hydrogens (primary N) is 1. The lowest BCUT2D eigenvalue weighted by Gasteiger charge is -2.30. The summed E-state index contributed by atoms with van der Waals surface area (Å²) >= 11 is 1.23. The Morgan fingerprint density at radius 1 is 1.26 bits per heavy atom. The fourth-order valence-electron chi connectivity index (χ4n) is 3.65. The molecule has 2 atom stereocenters. The predicted octanol–water partition coefficient (Wildman–Crippen LogP) is 4.68. The molecule has 4 rings (SSSR count). The molecule has 1 saturated heterocycles. The number of primary amides is 1. The first kappa shape index (κ1) is 21.6. The Morgan fingerprint density at radius 3 is 2.68 bits per heavy atom. The molecule has 10 heteroatoms. The zero-order valence-corrected chi connectivity index (χ0v) is 18.0. The smallest absolute Gasteiger partial charge is 0.324 e. The molecule has 0 saturated carbocycles. The number of carbonyl (C=O) groups is 2. The van der Waals surface area contributed by atoms with E-state index in [2.05, 4.69) is 0 Å². The monoisotopic (exact) mass is 464 g/mol. The molecule has 1 aromatic heterocycles. The van der Waals surface area contributed by atoms with E-state index < -0.39 is 38.4 Å². The van der Waals surface area contributed by atoms with Crippen LogP contribution in [0.15, 0.2) is 54.6 Å².